The van der Waals surface area contributed by atoms with Gasteiger partial charge in [-0.15, -0.1) is 0 Å². The molecule has 0 amide bonds. The molecule has 0 heterocycles. The van der Waals surface area contributed by atoms with Crippen molar-refractivity contribution >= 4 is 0 Å². The highest BCUT2D eigenvalue weighted by atomic mass is 19.3. The molecule has 3 aromatic carbocycles. The average Bonchev–Trinajstić information content (AvgIpc) is 3.29. The second-order valence-corrected chi connectivity index (χ2v) is 21.8. The molecule has 4 heteroatoms. The third-order valence-corrected chi connectivity index (χ3v) is 18.5. The molecular formula is C61H88F4. The molecule has 0 spiro atoms. The van der Waals surface area contributed by atoms with Gasteiger partial charge >= 0.3 is 0 Å². The average molecular weight is 897 g/mol. The van der Waals surface area contributed by atoms with Crippen molar-refractivity contribution in [2.45, 2.75) is 225 Å². The van der Waals surface area contributed by atoms with Crippen LogP contribution in [0.15, 0.2) is 24.3 Å². The van der Waals surface area contributed by atoms with Crippen molar-refractivity contribution in [1.29, 1.82) is 0 Å². The Bertz CT molecular complexity index is 2060. The zero-order chi connectivity index (χ0) is 47.9. The number of benzene rings is 3. The summed E-state index contributed by atoms with van der Waals surface area (Å²) in [6, 6.07) is 0. The van der Waals surface area contributed by atoms with Gasteiger partial charge < -0.3 is 0 Å². The standard InChI is InChI=1S/C31H42F2.C30H46F2/c1-17-18(2)22(6)30(23(7)19(17)3)31-24(8)20(4)28(21(5)25(31)9)16-27-12-10-26(11-13-27)14-15-29(32)33;1-20-21(2)23(4)30(24(5)22(20)3)28-17-14-26(15-18-28)9-7-6-8-25-10-12-27(13-11-25)16-19-29(31)32/h15,26-27H,10-14,16H2,1-9H3;19,25-28H,6-18H2,1-5H3. The van der Waals surface area contributed by atoms with Crippen LogP contribution in [0.25, 0.3) is 11.1 Å². The molecule has 0 aliphatic heterocycles. The Kier molecular flexibility index (Phi) is 19.3. The number of halogens is 4. The minimum absolute atomic E-state index is 0.426. The van der Waals surface area contributed by atoms with Gasteiger partial charge in [0.25, 0.3) is 12.2 Å². The molecule has 360 valence electrons. The molecule has 0 atom stereocenters. The molecule has 0 unspecified atom stereocenters. The Morgan fingerprint density at radius 2 is 0.646 bits per heavy atom. The van der Waals surface area contributed by atoms with E-state index in [1.807, 2.05) is 0 Å². The van der Waals surface area contributed by atoms with Crippen LogP contribution < -0.4 is 0 Å². The summed E-state index contributed by atoms with van der Waals surface area (Å²) >= 11 is 0. The van der Waals surface area contributed by atoms with Gasteiger partial charge in [-0.2, -0.15) is 17.6 Å². The lowest BCUT2D eigenvalue weighted by Crippen LogP contribution is -2.17. The molecule has 0 aromatic heterocycles. The van der Waals surface area contributed by atoms with Crippen molar-refractivity contribution in [3.63, 3.8) is 0 Å². The molecule has 6 rings (SSSR count). The molecule has 65 heavy (non-hydrogen) atoms. The predicted molar refractivity (Wildman–Crippen MR) is 272 cm³/mol. The highest BCUT2D eigenvalue weighted by Gasteiger charge is 2.28. The fourth-order valence-electron chi connectivity index (χ4n) is 12.9. The third-order valence-electron chi connectivity index (χ3n) is 18.5. The molecule has 3 aliphatic rings. The van der Waals surface area contributed by atoms with Gasteiger partial charge in [0.1, 0.15) is 0 Å². The van der Waals surface area contributed by atoms with Crippen molar-refractivity contribution in [3.8, 4) is 11.1 Å². The lowest BCUT2D eigenvalue weighted by atomic mass is 9.73. The molecule has 0 saturated heterocycles. The van der Waals surface area contributed by atoms with Crippen LogP contribution in [-0.2, 0) is 6.42 Å². The Labute approximate surface area is 395 Å². The van der Waals surface area contributed by atoms with E-state index in [0.29, 0.717) is 30.6 Å². The van der Waals surface area contributed by atoms with Crippen molar-refractivity contribution in [1.82, 2.24) is 0 Å². The van der Waals surface area contributed by atoms with E-state index in [1.165, 1.54) is 148 Å². The highest BCUT2D eigenvalue weighted by molar-refractivity contribution is 5.81. The van der Waals surface area contributed by atoms with Gasteiger partial charge in [0.15, 0.2) is 0 Å². The number of allylic oxidation sites excluding steroid dienone is 2. The normalized spacial score (nSPS) is 22.3. The van der Waals surface area contributed by atoms with Crippen LogP contribution in [0.4, 0.5) is 17.6 Å². The van der Waals surface area contributed by atoms with Crippen molar-refractivity contribution in [3.05, 3.63) is 113 Å². The predicted octanol–water partition coefficient (Wildman–Crippen LogP) is 19.7. The van der Waals surface area contributed by atoms with E-state index in [-0.39, 0.29) is 0 Å². The van der Waals surface area contributed by atoms with Gasteiger partial charge in [0.2, 0.25) is 0 Å². The first-order valence-electron chi connectivity index (χ1n) is 26.0. The van der Waals surface area contributed by atoms with Crippen molar-refractivity contribution < 1.29 is 17.6 Å². The minimum Gasteiger partial charge on any atom is -0.174 e. The molecule has 3 aromatic rings. The summed E-state index contributed by atoms with van der Waals surface area (Å²) in [7, 11) is 0. The minimum atomic E-state index is -1.53. The Hall–Kier alpha value is -3.14. The number of rotatable bonds is 13. The van der Waals surface area contributed by atoms with E-state index in [9.17, 15) is 17.6 Å². The first-order valence-corrected chi connectivity index (χ1v) is 26.0. The van der Waals surface area contributed by atoms with E-state index in [4.69, 9.17) is 0 Å². The monoisotopic (exact) mass is 897 g/mol. The zero-order valence-electron chi connectivity index (χ0n) is 43.6. The molecule has 0 N–H and O–H groups in total. The van der Waals surface area contributed by atoms with Crippen LogP contribution in [-0.4, -0.2) is 0 Å². The van der Waals surface area contributed by atoms with Gasteiger partial charge in [-0.3, -0.25) is 0 Å². The van der Waals surface area contributed by atoms with Crippen LogP contribution >= 0.6 is 0 Å². The second-order valence-electron chi connectivity index (χ2n) is 21.8. The summed E-state index contributed by atoms with van der Waals surface area (Å²) in [6.45, 7) is 32.1. The molecule has 0 nitrogen and oxygen atoms in total. The number of hydrogen-bond donors (Lipinski definition) is 0. The van der Waals surface area contributed by atoms with Crippen molar-refractivity contribution in [2.24, 2.45) is 29.6 Å². The molecule has 3 saturated carbocycles. The smallest absolute Gasteiger partial charge is 0.174 e. The summed E-state index contributed by atoms with van der Waals surface area (Å²) in [4.78, 5) is 0. The van der Waals surface area contributed by atoms with Gasteiger partial charge in [0.05, 0.1) is 0 Å². The largest absolute Gasteiger partial charge is 0.266 e. The lowest BCUT2D eigenvalue weighted by molar-refractivity contribution is 0.251. The highest BCUT2D eigenvalue weighted by Crippen LogP contribution is 2.44. The third kappa shape index (κ3) is 12.9. The summed E-state index contributed by atoms with van der Waals surface area (Å²) < 4.78 is 49.4. The van der Waals surface area contributed by atoms with Crippen LogP contribution in [0.1, 0.15) is 211 Å². The fraction of sp³-hybridized carbons (Fsp3) is 0.639. The maximum absolute atomic E-state index is 12.4. The fourth-order valence-corrected chi connectivity index (χ4v) is 12.9. The first kappa shape index (κ1) is 52.8. The SMILES string of the molecule is Cc1c(C)c(C)c(-c2c(C)c(C)c(CC3CCC(CC=C(F)F)CC3)c(C)c2C)c(C)c1C.Cc1c(C)c(C)c(C2CCC(CCCCC3CCC(CC=C(F)F)CC3)CC2)c(C)c1C. The summed E-state index contributed by atoms with van der Waals surface area (Å²) in [5, 5.41) is 0. The lowest BCUT2D eigenvalue weighted by Gasteiger charge is -2.32. The van der Waals surface area contributed by atoms with E-state index < -0.39 is 12.2 Å². The van der Waals surface area contributed by atoms with Gasteiger partial charge in [-0.1, -0.05) is 38.5 Å². The Morgan fingerprint density at radius 3 is 1.02 bits per heavy atom. The van der Waals surface area contributed by atoms with Gasteiger partial charge in [-0.25, -0.2) is 0 Å². The Morgan fingerprint density at radius 1 is 0.354 bits per heavy atom. The van der Waals surface area contributed by atoms with Crippen molar-refractivity contribution in [2.75, 3.05) is 0 Å². The van der Waals surface area contributed by atoms with E-state index in [1.54, 1.807) is 16.7 Å². The molecular weight excluding hydrogens is 809 g/mol. The Balaban J connectivity index is 0.000000244. The van der Waals surface area contributed by atoms with Crippen LogP contribution in [0.2, 0.25) is 0 Å². The molecule has 0 radical (unpaired) electrons. The molecule has 0 bridgehead atoms. The number of hydrogen-bond acceptors (Lipinski definition) is 0. The molecule has 3 fully saturated rings. The van der Waals surface area contributed by atoms with Crippen LogP contribution in [0.5, 0.6) is 0 Å². The van der Waals surface area contributed by atoms with E-state index in [0.717, 1.165) is 74.9 Å². The summed E-state index contributed by atoms with van der Waals surface area (Å²) in [5.41, 5.74) is 26.4. The van der Waals surface area contributed by atoms with E-state index >= 15 is 0 Å². The van der Waals surface area contributed by atoms with Crippen LogP contribution in [0, 0.1) is 127 Å². The topological polar surface area (TPSA) is 0 Å². The second kappa shape index (κ2) is 23.7. The number of unbranched alkanes of at least 4 members (excludes halogenated alkanes) is 1. The zero-order valence-corrected chi connectivity index (χ0v) is 43.6. The first-order chi connectivity index (χ1) is 30.7. The maximum atomic E-state index is 12.4. The maximum Gasteiger partial charge on any atom is 0.266 e. The summed E-state index contributed by atoms with van der Waals surface area (Å²) in [6.07, 6.45) is 21.7. The van der Waals surface area contributed by atoms with Crippen LogP contribution in [0.3, 0.4) is 0 Å². The van der Waals surface area contributed by atoms with E-state index in [2.05, 4.69) is 96.9 Å². The molecule has 3 aliphatic carbocycles. The summed E-state index contributed by atoms with van der Waals surface area (Å²) in [5.74, 6) is 4.12. The van der Waals surface area contributed by atoms with Gasteiger partial charge in [-0.05, 0) is 328 Å². The quantitative estimate of drug-likeness (QED) is 0.118. The van der Waals surface area contributed by atoms with Gasteiger partial charge in [0, 0.05) is 0 Å².